The molecule has 0 radical (unpaired) electrons. The number of urea groups is 1. The number of aromatic nitrogens is 3. The molecule has 128 valence electrons. The monoisotopic (exact) mass is 345 g/mol. The average Bonchev–Trinajstić information content (AvgIpc) is 3.25. The highest BCUT2D eigenvalue weighted by atomic mass is 32.1. The van der Waals surface area contributed by atoms with Crippen LogP contribution in [0.2, 0.25) is 0 Å². The van der Waals surface area contributed by atoms with Crippen LogP contribution in [-0.4, -0.2) is 32.2 Å². The van der Waals surface area contributed by atoms with Gasteiger partial charge in [0.25, 0.3) is 0 Å². The van der Waals surface area contributed by atoms with Crippen LogP contribution in [-0.2, 0) is 13.5 Å². The van der Waals surface area contributed by atoms with E-state index < -0.39 is 0 Å². The second kappa shape index (κ2) is 6.20. The van der Waals surface area contributed by atoms with Crippen molar-refractivity contribution in [2.45, 2.75) is 51.1 Å². The molecule has 2 aliphatic rings. The summed E-state index contributed by atoms with van der Waals surface area (Å²) in [6.07, 6.45) is 7.15. The molecule has 0 spiro atoms. The number of nitrogens with zero attached hydrogens (tertiary/aromatic N) is 4. The lowest BCUT2D eigenvalue weighted by molar-refractivity contribution is 0.186. The summed E-state index contributed by atoms with van der Waals surface area (Å²) >= 11 is 1.65. The van der Waals surface area contributed by atoms with Crippen LogP contribution in [0.1, 0.15) is 59.7 Å². The molecule has 2 aromatic rings. The number of carbonyl (C=O) groups excluding carboxylic acids is 1. The van der Waals surface area contributed by atoms with Crippen molar-refractivity contribution in [2.75, 3.05) is 6.54 Å². The minimum absolute atomic E-state index is 0.0323. The molecular formula is C17H23N5OS. The summed E-state index contributed by atoms with van der Waals surface area (Å²) in [5, 5.41) is 10.9. The fraction of sp³-hybridized carbons (Fsp3) is 0.588. The normalized spacial score (nSPS) is 23.3. The van der Waals surface area contributed by atoms with Crippen molar-refractivity contribution in [1.29, 1.82) is 0 Å². The Bertz CT molecular complexity index is 752. The number of hydrogen-bond donors (Lipinski definition) is 1. The molecule has 1 N–H and O–H groups in total. The smallest absolute Gasteiger partial charge is 0.318 e. The van der Waals surface area contributed by atoms with E-state index in [1.165, 1.54) is 5.56 Å². The van der Waals surface area contributed by atoms with Gasteiger partial charge in [0.05, 0.1) is 28.5 Å². The molecule has 4 rings (SSSR count). The standard InChI is InChI=1S/C17H23N5OS/c1-11-18-15(10-24-11)16-7-4-8-22(16)17(23)19-13-5-3-6-14-12(13)9-21(2)20-14/h9-10,13,16H,3-8H2,1-2H3,(H,19,23)/t13-,16-/m1/s1. The van der Waals surface area contributed by atoms with Gasteiger partial charge in [-0.1, -0.05) is 0 Å². The molecular weight excluding hydrogens is 322 g/mol. The van der Waals surface area contributed by atoms with E-state index in [4.69, 9.17) is 0 Å². The van der Waals surface area contributed by atoms with E-state index in [0.29, 0.717) is 0 Å². The zero-order chi connectivity index (χ0) is 16.7. The van der Waals surface area contributed by atoms with E-state index in [-0.39, 0.29) is 18.1 Å². The Balaban J connectivity index is 1.50. The van der Waals surface area contributed by atoms with E-state index in [1.807, 2.05) is 29.7 Å². The Morgan fingerprint density at radius 3 is 3.04 bits per heavy atom. The van der Waals surface area contributed by atoms with E-state index in [0.717, 1.165) is 55.0 Å². The first-order valence-corrected chi connectivity index (χ1v) is 9.51. The summed E-state index contributed by atoms with van der Waals surface area (Å²) in [5.74, 6) is 0. The summed E-state index contributed by atoms with van der Waals surface area (Å²) in [6.45, 7) is 2.82. The van der Waals surface area contributed by atoms with E-state index >= 15 is 0 Å². The Labute approximate surface area is 145 Å². The van der Waals surface area contributed by atoms with Gasteiger partial charge in [0, 0.05) is 30.7 Å². The lowest BCUT2D eigenvalue weighted by Crippen LogP contribution is -2.42. The van der Waals surface area contributed by atoms with Crippen molar-refractivity contribution in [2.24, 2.45) is 7.05 Å². The Morgan fingerprint density at radius 1 is 1.38 bits per heavy atom. The number of hydrogen-bond acceptors (Lipinski definition) is 4. The number of amides is 2. The zero-order valence-electron chi connectivity index (χ0n) is 14.2. The van der Waals surface area contributed by atoms with Crippen LogP contribution in [0.3, 0.4) is 0 Å². The number of nitrogens with one attached hydrogen (secondary N) is 1. The molecule has 7 heteroatoms. The van der Waals surface area contributed by atoms with Crippen LogP contribution in [0.5, 0.6) is 0 Å². The molecule has 1 saturated heterocycles. The molecule has 0 aromatic carbocycles. The van der Waals surface area contributed by atoms with Gasteiger partial charge in [-0.25, -0.2) is 9.78 Å². The second-order valence-electron chi connectivity index (χ2n) is 6.74. The number of aryl methyl sites for hydroxylation is 3. The van der Waals surface area contributed by atoms with Crippen molar-refractivity contribution in [3.05, 3.63) is 33.5 Å². The highest BCUT2D eigenvalue weighted by Gasteiger charge is 2.33. The number of likely N-dealkylation sites (tertiary alicyclic amines) is 1. The lowest BCUT2D eigenvalue weighted by Gasteiger charge is -2.28. The Kier molecular flexibility index (Phi) is 4.04. The van der Waals surface area contributed by atoms with Crippen molar-refractivity contribution < 1.29 is 4.79 Å². The minimum Gasteiger partial charge on any atom is -0.331 e. The van der Waals surface area contributed by atoms with Crippen LogP contribution < -0.4 is 5.32 Å². The third-order valence-electron chi connectivity index (χ3n) is 5.01. The van der Waals surface area contributed by atoms with Crippen LogP contribution >= 0.6 is 11.3 Å². The maximum Gasteiger partial charge on any atom is 0.318 e. The first kappa shape index (κ1) is 15.6. The highest BCUT2D eigenvalue weighted by molar-refractivity contribution is 7.09. The molecule has 0 bridgehead atoms. The molecule has 0 unspecified atom stereocenters. The average molecular weight is 345 g/mol. The SMILES string of the molecule is Cc1nc([C@H]2CCCN2C(=O)N[C@@H]2CCCc3nn(C)cc32)cs1. The van der Waals surface area contributed by atoms with Gasteiger partial charge in [-0.2, -0.15) is 5.10 Å². The first-order valence-electron chi connectivity index (χ1n) is 8.63. The fourth-order valence-electron chi connectivity index (χ4n) is 3.90. The van der Waals surface area contributed by atoms with Crippen LogP contribution in [0.4, 0.5) is 4.79 Å². The first-order chi connectivity index (χ1) is 11.6. The molecule has 3 heterocycles. The molecule has 1 aliphatic carbocycles. The minimum atomic E-state index is 0.0323. The summed E-state index contributed by atoms with van der Waals surface area (Å²) in [7, 11) is 1.94. The molecule has 2 atom stereocenters. The van der Waals surface area contributed by atoms with Crippen LogP contribution in [0, 0.1) is 6.92 Å². The van der Waals surface area contributed by atoms with Gasteiger partial charge in [-0.05, 0) is 39.0 Å². The third kappa shape index (κ3) is 2.81. The highest BCUT2D eigenvalue weighted by Crippen LogP contribution is 2.34. The molecule has 24 heavy (non-hydrogen) atoms. The van der Waals surface area contributed by atoms with Gasteiger partial charge < -0.3 is 10.2 Å². The van der Waals surface area contributed by atoms with Crippen LogP contribution in [0.15, 0.2) is 11.6 Å². The fourth-order valence-corrected chi connectivity index (χ4v) is 4.56. The molecule has 2 amide bonds. The summed E-state index contributed by atoms with van der Waals surface area (Å²) in [6, 6.07) is 0.227. The van der Waals surface area contributed by atoms with Crippen molar-refractivity contribution >= 4 is 17.4 Å². The van der Waals surface area contributed by atoms with Gasteiger partial charge in [0.1, 0.15) is 0 Å². The molecule has 1 aliphatic heterocycles. The van der Waals surface area contributed by atoms with E-state index in [1.54, 1.807) is 11.3 Å². The number of carbonyl (C=O) groups is 1. The maximum absolute atomic E-state index is 12.9. The maximum atomic E-state index is 12.9. The van der Waals surface area contributed by atoms with Crippen molar-refractivity contribution in [3.8, 4) is 0 Å². The van der Waals surface area contributed by atoms with Crippen molar-refractivity contribution in [3.63, 3.8) is 0 Å². The molecule has 2 aromatic heterocycles. The summed E-state index contributed by atoms with van der Waals surface area (Å²) < 4.78 is 1.85. The van der Waals surface area contributed by atoms with Gasteiger partial charge in [-0.3, -0.25) is 4.68 Å². The summed E-state index contributed by atoms with van der Waals surface area (Å²) in [5.41, 5.74) is 3.34. The van der Waals surface area contributed by atoms with E-state index in [2.05, 4.69) is 20.8 Å². The lowest BCUT2D eigenvalue weighted by atomic mass is 9.93. The Hall–Kier alpha value is -1.89. The number of fused-ring (bicyclic) bond motifs is 1. The molecule has 6 nitrogen and oxygen atoms in total. The van der Waals surface area contributed by atoms with Gasteiger partial charge in [0.15, 0.2) is 0 Å². The van der Waals surface area contributed by atoms with Gasteiger partial charge >= 0.3 is 6.03 Å². The van der Waals surface area contributed by atoms with E-state index in [9.17, 15) is 4.79 Å². The van der Waals surface area contributed by atoms with Gasteiger partial charge in [-0.15, -0.1) is 11.3 Å². The van der Waals surface area contributed by atoms with Gasteiger partial charge in [0.2, 0.25) is 0 Å². The topological polar surface area (TPSA) is 63.1 Å². The number of rotatable bonds is 2. The third-order valence-corrected chi connectivity index (χ3v) is 5.80. The largest absolute Gasteiger partial charge is 0.331 e. The predicted octanol–water partition coefficient (Wildman–Crippen LogP) is 3.11. The molecule has 0 saturated carbocycles. The molecule has 1 fully saturated rings. The predicted molar refractivity (Wildman–Crippen MR) is 93.0 cm³/mol. The number of thiazole rings is 1. The zero-order valence-corrected chi connectivity index (χ0v) is 15.0. The second-order valence-corrected chi connectivity index (χ2v) is 7.80. The quantitative estimate of drug-likeness (QED) is 0.910. The van der Waals surface area contributed by atoms with Crippen molar-refractivity contribution in [1.82, 2.24) is 25.0 Å². The Morgan fingerprint density at radius 2 is 2.25 bits per heavy atom. The summed E-state index contributed by atoms with van der Waals surface area (Å²) in [4.78, 5) is 19.4. The van der Waals surface area contributed by atoms with Crippen LogP contribution in [0.25, 0.3) is 0 Å².